The summed E-state index contributed by atoms with van der Waals surface area (Å²) in [7, 11) is 0. The van der Waals surface area contributed by atoms with Crippen molar-refractivity contribution in [2.24, 2.45) is 17.8 Å². The topological polar surface area (TPSA) is 12.0 Å². The van der Waals surface area contributed by atoms with Gasteiger partial charge in [0, 0.05) is 11.1 Å². The number of hydrogen-bond donors (Lipinski definition) is 1. The molecule has 2 bridgehead atoms. The number of rotatable bonds is 6. The molecule has 0 saturated heterocycles. The van der Waals surface area contributed by atoms with Crippen LogP contribution in [0.5, 0.6) is 0 Å². The summed E-state index contributed by atoms with van der Waals surface area (Å²) in [6.45, 7) is 5.55. The lowest BCUT2D eigenvalue weighted by Crippen LogP contribution is -2.26. The first-order chi connectivity index (χ1) is 10.2. The molecule has 1 aromatic rings. The number of fused-ring (bicyclic) bond motifs is 2. The Morgan fingerprint density at radius 2 is 2.14 bits per heavy atom. The Morgan fingerprint density at radius 3 is 2.76 bits per heavy atom. The van der Waals surface area contributed by atoms with Gasteiger partial charge in [-0.15, -0.1) is 0 Å². The highest BCUT2D eigenvalue weighted by atomic mass is 35.5. The zero-order valence-corrected chi connectivity index (χ0v) is 14.1. The van der Waals surface area contributed by atoms with Gasteiger partial charge in [-0.1, -0.05) is 31.0 Å². The van der Waals surface area contributed by atoms with Crippen molar-refractivity contribution in [3.63, 3.8) is 0 Å². The summed E-state index contributed by atoms with van der Waals surface area (Å²) >= 11 is 6.13. The van der Waals surface area contributed by atoms with Gasteiger partial charge in [-0.05, 0) is 86.6 Å². The lowest BCUT2D eigenvalue weighted by molar-refractivity contribution is 0.279. The molecule has 0 aliphatic heterocycles. The van der Waals surface area contributed by atoms with Crippen molar-refractivity contribution in [3.8, 4) is 0 Å². The molecule has 116 valence electrons. The maximum absolute atomic E-state index is 6.13. The predicted octanol–water partition coefficient (Wildman–Crippen LogP) is 5.52. The fourth-order valence-corrected chi connectivity index (χ4v) is 4.86. The Kier molecular flexibility index (Phi) is 4.91. The molecule has 2 aliphatic rings. The first kappa shape index (κ1) is 15.4. The average molecular weight is 306 g/mol. The molecule has 1 N–H and O–H groups in total. The summed E-state index contributed by atoms with van der Waals surface area (Å²) in [6.07, 6.45) is 8.46. The molecule has 2 heteroatoms. The van der Waals surface area contributed by atoms with Crippen LogP contribution in [-0.4, -0.2) is 6.54 Å². The van der Waals surface area contributed by atoms with E-state index in [1.54, 1.807) is 0 Å². The van der Waals surface area contributed by atoms with Gasteiger partial charge in [-0.25, -0.2) is 0 Å². The van der Waals surface area contributed by atoms with E-state index in [2.05, 4.69) is 31.3 Å². The molecule has 4 atom stereocenters. The third kappa shape index (κ3) is 3.46. The van der Waals surface area contributed by atoms with Gasteiger partial charge in [-0.3, -0.25) is 0 Å². The third-order valence-corrected chi connectivity index (χ3v) is 5.91. The monoisotopic (exact) mass is 305 g/mol. The molecule has 1 nitrogen and oxygen atoms in total. The van der Waals surface area contributed by atoms with Crippen LogP contribution in [0.25, 0.3) is 0 Å². The smallest absolute Gasteiger partial charge is 0.0408 e. The van der Waals surface area contributed by atoms with Gasteiger partial charge in [0.1, 0.15) is 0 Å². The van der Waals surface area contributed by atoms with Crippen LogP contribution in [0, 0.1) is 24.7 Å². The van der Waals surface area contributed by atoms with E-state index in [-0.39, 0.29) is 0 Å². The van der Waals surface area contributed by atoms with Gasteiger partial charge in [-0.2, -0.15) is 0 Å². The fraction of sp³-hybridized carbons (Fsp3) is 0.684. The van der Waals surface area contributed by atoms with E-state index >= 15 is 0 Å². The number of nitrogens with one attached hydrogen (secondary N) is 1. The van der Waals surface area contributed by atoms with Crippen LogP contribution in [0.4, 0.5) is 0 Å². The molecule has 21 heavy (non-hydrogen) atoms. The standard InChI is InChI=1S/C19H28ClN/c1-3-8-21-19(18-7-6-17(20)9-13(18)2)12-16-11-14-4-5-15(16)10-14/h6-7,9,14-16,19,21H,3-5,8,10-12H2,1-2H3. The molecule has 2 aliphatic carbocycles. The molecular formula is C19H28ClN. The van der Waals surface area contributed by atoms with E-state index in [9.17, 15) is 0 Å². The summed E-state index contributed by atoms with van der Waals surface area (Å²) < 4.78 is 0. The maximum Gasteiger partial charge on any atom is 0.0408 e. The zero-order valence-electron chi connectivity index (χ0n) is 13.4. The normalized spacial score (nSPS) is 29.0. The van der Waals surface area contributed by atoms with Gasteiger partial charge in [0.15, 0.2) is 0 Å². The molecule has 0 radical (unpaired) electrons. The van der Waals surface area contributed by atoms with E-state index in [1.807, 2.05) is 6.07 Å². The van der Waals surface area contributed by atoms with E-state index in [4.69, 9.17) is 11.6 Å². The van der Waals surface area contributed by atoms with Gasteiger partial charge >= 0.3 is 0 Å². The van der Waals surface area contributed by atoms with Gasteiger partial charge in [0.2, 0.25) is 0 Å². The van der Waals surface area contributed by atoms with Gasteiger partial charge in [0.05, 0.1) is 0 Å². The van der Waals surface area contributed by atoms with Crippen LogP contribution in [0.3, 0.4) is 0 Å². The number of halogens is 1. The first-order valence-electron chi connectivity index (χ1n) is 8.66. The molecule has 0 amide bonds. The Hall–Kier alpha value is -0.530. The molecule has 2 saturated carbocycles. The first-order valence-corrected chi connectivity index (χ1v) is 9.04. The summed E-state index contributed by atoms with van der Waals surface area (Å²) in [4.78, 5) is 0. The van der Waals surface area contributed by atoms with Crippen molar-refractivity contribution in [1.82, 2.24) is 5.32 Å². The van der Waals surface area contributed by atoms with Crippen molar-refractivity contribution >= 4 is 11.6 Å². The highest BCUT2D eigenvalue weighted by Crippen LogP contribution is 2.51. The van der Waals surface area contributed by atoms with Crippen molar-refractivity contribution in [3.05, 3.63) is 34.3 Å². The Bertz CT molecular complexity index is 484. The van der Waals surface area contributed by atoms with E-state index < -0.39 is 0 Å². The number of benzene rings is 1. The molecule has 0 spiro atoms. The summed E-state index contributed by atoms with van der Waals surface area (Å²) in [5, 5.41) is 4.64. The zero-order chi connectivity index (χ0) is 14.8. The van der Waals surface area contributed by atoms with Crippen LogP contribution in [0.1, 0.15) is 62.6 Å². The average Bonchev–Trinajstić information content (AvgIpc) is 3.06. The second kappa shape index (κ2) is 6.71. The largest absolute Gasteiger partial charge is 0.310 e. The van der Waals surface area contributed by atoms with Gasteiger partial charge < -0.3 is 5.32 Å². The van der Waals surface area contributed by atoms with Crippen LogP contribution >= 0.6 is 11.6 Å². The summed E-state index contributed by atoms with van der Waals surface area (Å²) in [5.74, 6) is 2.99. The lowest BCUT2D eigenvalue weighted by Gasteiger charge is -2.28. The Morgan fingerprint density at radius 1 is 1.29 bits per heavy atom. The predicted molar refractivity (Wildman–Crippen MR) is 90.8 cm³/mol. The minimum absolute atomic E-state index is 0.506. The van der Waals surface area contributed by atoms with Crippen molar-refractivity contribution in [2.75, 3.05) is 6.54 Å². The van der Waals surface area contributed by atoms with Crippen molar-refractivity contribution < 1.29 is 0 Å². The highest BCUT2D eigenvalue weighted by Gasteiger charge is 2.40. The maximum atomic E-state index is 6.13. The summed E-state index contributed by atoms with van der Waals surface area (Å²) in [6, 6.07) is 6.90. The van der Waals surface area contributed by atoms with Crippen LogP contribution in [0.15, 0.2) is 18.2 Å². The van der Waals surface area contributed by atoms with Crippen LogP contribution in [-0.2, 0) is 0 Å². The Balaban J connectivity index is 1.74. The van der Waals surface area contributed by atoms with Crippen molar-refractivity contribution in [1.29, 1.82) is 0 Å². The van der Waals surface area contributed by atoms with E-state index in [0.29, 0.717) is 6.04 Å². The second-order valence-corrected chi connectivity index (χ2v) is 7.61. The summed E-state index contributed by atoms with van der Waals surface area (Å²) in [5.41, 5.74) is 2.79. The SMILES string of the molecule is CCCNC(CC1CC2CCC1C2)c1ccc(Cl)cc1C. The van der Waals surface area contributed by atoms with E-state index in [1.165, 1.54) is 49.7 Å². The van der Waals surface area contributed by atoms with Crippen LogP contribution in [0.2, 0.25) is 5.02 Å². The molecule has 1 aromatic carbocycles. The van der Waals surface area contributed by atoms with Crippen molar-refractivity contribution in [2.45, 2.75) is 58.4 Å². The second-order valence-electron chi connectivity index (χ2n) is 7.18. The third-order valence-electron chi connectivity index (χ3n) is 5.67. The minimum atomic E-state index is 0.506. The van der Waals surface area contributed by atoms with Crippen LogP contribution < -0.4 is 5.32 Å². The quantitative estimate of drug-likeness (QED) is 0.730. The number of hydrogen-bond acceptors (Lipinski definition) is 1. The molecule has 0 heterocycles. The molecule has 0 aromatic heterocycles. The molecule has 2 fully saturated rings. The molecule has 4 unspecified atom stereocenters. The highest BCUT2D eigenvalue weighted by molar-refractivity contribution is 6.30. The number of aryl methyl sites for hydroxylation is 1. The minimum Gasteiger partial charge on any atom is -0.310 e. The molecule has 3 rings (SSSR count). The fourth-order valence-electron chi connectivity index (χ4n) is 4.64. The van der Waals surface area contributed by atoms with E-state index in [0.717, 1.165) is 29.3 Å². The lowest BCUT2D eigenvalue weighted by atomic mass is 9.82. The molecular weight excluding hydrogens is 278 g/mol. The van der Waals surface area contributed by atoms with Gasteiger partial charge in [0.25, 0.3) is 0 Å². The Labute approximate surface area is 134 Å².